The highest BCUT2D eigenvalue weighted by atomic mass is 32.2. The highest BCUT2D eigenvalue weighted by molar-refractivity contribution is 7.89. The van der Waals surface area contributed by atoms with Crippen LogP contribution < -0.4 is 5.32 Å². The summed E-state index contributed by atoms with van der Waals surface area (Å²) in [5.41, 5.74) is 5.94. The van der Waals surface area contributed by atoms with Crippen LogP contribution in [0.5, 0.6) is 0 Å². The first-order valence-electron chi connectivity index (χ1n) is 7.45. The second kappa shape index (κ2) is 4.91. The average molecular weight is 314 g/mol. The van der Waals surface area contributed by atoms with E-state index in [2.05, 4.69) is 17.4 Å². The summed E-state index contributed by atoms with van der Waals surface area (Å²) in [5.74, 6) is 0. The van der Waals surface area contributed by atoms with Crippen molar-refractivity contribution in [2.45, 2.75) is 38.0 Å². The number of nitrogens with one attached hydrogen (secondary N) is 1. The van der Waals surface area contributed by atoms with Gasteiger partial charge in [-0.25, -0.2) is 8.42 Å². The van der Waals surface area contributed by atoms with Crippen molar-refractivity contribution in [3.05, 3.63) is 64.2 Å². The third-order valence-corrected chi connectivity index (χ3v) is 6.31. The Morgan fingerprint density at radius 3 is 2.00 bits per heavy atom. The van der Waals surface area contributed by atoms with Crippen LogP contribution in [-0.4, -0.2) is 12.7 Å². The maximum absolute atomic E-state index is 12.8. The minimum Gasteiger partial charge on any atom is -0.309 e. The summed E-state index contributed by atoms with van der Waals surface area (Å²) in [5, 5.41) is 3.33. The van der Waals surface area contributed by atoms with Gasteiger partial charge in [0.1, 0.15) is 0 Å². The van der Waals surface area contributed by atoms with Crippen LogP contribution in [0.4, 0.5) is 0 Å². The molecule has 0 saturated carbocycles. The maximum atomic E-state index is 12.8. The van der Waals surface area contributed by atoms with Crippen molar-refractivity contribution in [1.29, 1.82) is 0 Å². The molecule has 2 aliphatic heterocycles. The van der Waals surface area contributed by atoms with E-state index in [0.717, 1.165) is 29.8 Å². The van der Waals surface area contributed by atoms with Gasteiger partial charge in [-0.05, 0) is 41.3 Å². The molecule has 22 heavy (non-hydrogen) atoms. The van der Waals surface area contributed by atoms with Gasteiger partial charge in [-0.15, -0.1) is 0 Å². The number of benzene rings is 2. The molecule has 0 radical (unpaired) electrons. The van der Waals surface area contributed by atoms with Crippen molar-refractivity contribution in [3.8, 4) is 0 Å². The smallest absolute Gasteiger partial charge is 0.243 e. The quantitative estimate of drug-likeness (QED) is 0.925. The molecule has 1 N–H and O–H groups in total. The highest BCUT2D eigenvalue weighted by Gasteiger charge is 2.31. The number of nitrogens with zero attached hydrogens (tertiary/aromatic N) is 1. The zero-order valence-electron chi connectivity index (χ0n) is 12.5. The van der Waals surface area contributed by atoms with Crippen LogP contribution in [0.2, 0.25) is 0 Å². The summed E-state index contributed by atoms with van der Waals surface area (Å²) in [6.07, 6.45) is 0. The molecule has 4 nitrogen and oxygen atoms in total. The molecular weight excluding hydrogens is 296 g/mol. The van der Waals surface area contributed by atoms with Gasteiger partial charge in [0, 0.05) is 26.2 Å². The zero-order chi connectivity index (χ0) is 15.3. The third-order valence-electron chi connectivity index (χ3n) is 4.50. The normalized spacial score (nSPS) is 17.5. The second-order valence-corrected chi connectivity index (χ2v) is 8.02. The summed E-state index contributed by atoms with van der Waals surface area (Å²) in [7, 11) is -3.42. The van der Waals surface area contributed by atoms with Crippen molar-refractivity contribution < 1.29 is 8.42 Å². The van der Waals surface area contributed by atoms with Crippen molar-refractivity contribution in [1.82, 2.24) is 9.62 Å². The van der Waals surface area contributed by atoms with Gasteiger partial charge in [-0.3, -0.25) is 0 Å². The number of hydrogen-bond acceptors (Lipinski definition) is 3. The monoisotopic (exact) mass is 314 g/mol. The number of fused-ring (bicyclic) bond motifs is 2. The van der Waals surface area contributed by atoms with Crippen LogP contribution in [0, 0.1) is 6.92 Å². The zero-order valence-corrected chi connectivity index (χ0v) is 13.3. The minimum absolute atomic E-state index is 0.375. The van der Waals surface area contributed by atoms with E-state index in [1.165, 1.54) is 11.1 Å². The van der Waals surface area contributed by atoms with E-state index in [1.54, 1.807) is 16.4 Å². The molecule has 0 atom stereocenters. The molecule has 4 rings (SSSR count). The first-order valence-corrected chi connectivity index (χ1v) is 8.89. The van der Waals surface area contributed by atoms with E-state index < -0.39 is 10.0 Å². The fourth-order valence-corrected chi connectivity index (χ4v) is 4.61. The Kier molecular flexibility index (Phi) is 3.11. The largest absolute Gasteiger partial charge is 0.309 e. The highest BCUT2D eigenvalue weighted by Crippen LogP contribution is 2.32. The van der Waals surface area contributed by atoms with Crippen LogP contribution in [0.1, 0.15) is 27.8 Å². The van der Waals surface area contributed by atoms with E-state index in [1.807, 2.05) is 19.1 Å². The van der Waals surface area contributed by atoms with Gasteiger partial charge in [0.2, 0.25) is 10.0 Å². The number of rotatable bonds is 2. The maximum Gasteiger partial charge on any atom is 0.243 e. The lowest BCUT2D eigenvalue weighted by molar-refractivity contribution is 0.431. The van der Waals surface area contributed by atoms with Crippen molar-refractivity contribution >= 4 is 10.0 Å². The van der Waals surface area contributed by atoms with Gasteiger partial charge in [0.05, 0.1) is 4.90 Å². The molecule has 0 saturated heterocycles. The van der Waals surface area contributed by atoms with Crippen molar-refractivity contribution in [3.63, 3.8) is 0 Å². The van der Waals surface area contributed by atoms with Gasteiger partial charge < -0.3 is 5.32 Å². The molecule has 0 bridgehead atoms. The molecule has 5 heteroatoms. The fourth-order valence-electron chi connectivity index (χ4n) is 3.21. The lowest BCUT2D eigenvalue weighted by Crippen LogP contribution is -2.25. The number of sulfonamides is 1. The van der Waals surface area contributed by atoms with Crippen molar-refractivity contribution in [2.24, 2.45) is 0 Å². The Labute approximate surface area is 130 Å². The Morgan fingerprint density at radius 1 is 0.909 bits per heavy atom. The van der Waals surface area contributed by atoms with E-state index in [0.29, 0.717) is 18.0 Å². The Bertz CT molecular complexity index is 809. The van der Waals surface area contributed by atoms with E-state index in [-0.39, 0.29) is 0 Å². The van der Waals surface area contributed by atoms with Crippen LogP contribution in [0.3, 0.4) is 0 Å². The van der Waals surface area contributed by atoms with Gasteiger partial charge in [0.25, 0.3) is 0 Å². The van der Waals surface area contributed by atoms with E-state index in [4.69, 9.17) is 0 Å². The Hall–Kier alpha value is -1.69. The van der Waals surface area contributed by atoms with Crippen LogP contribution >= 0.6 is 0 Å². The lowest BCUT2D eigenvalue weighted by Gasteiger charge is -2.15. The third kappa shape index (κ3) is 2.17. The first-order chi connectivity index (χ1) is 10.5. The number of aryl methyl sites for hydroxylation is 1. The Balaban J connectivity index is 1.66. The molecule has 2 aliphatic rings. The summed E-state index contributed by atoms with van der Waals surface area (Å²) < 4.78 is 27.1. The SMILES string of the molecule is Cc1ccc(S(=O)(=O)N2Cc3cc4c(cc3C2)CNC4)cc1. The molecule has 0 unspecified atom stereocenters. The number of hydrogen-bond donors (Lipinski definition) is 1. The van der Waals surface area contributed by atoms with E-state index >= 15 is 0 Å². The van der Waals surface area contributed by atoms with Crippen LogP contribution in [-0.2, 0) is 36.2 Å². The van der Waals surface area contributed by atoms with Gasteiger partial charge >= 0.3 is 0 Å². The fraction of sp³-hybridized carbons (Fsp3) is 0.294. The molecule has 2 heterocycles. The molecule has 0 aliphatic carbocycles. The molecule has 0 spiro atoms. The Morgan fingerprint density at radius 2 is 1.45 bits per heavy atom. The molecule has 0 aromatic heterocycles. The summed E-state index contributed by atoms with van der Waals surface area (Å²) >= 11 is 0. The van der Waals surface area contributed by atoms with Gasteiger partial charge in [-0.2, -0.15) is 4.31 Å². The first kappa shape index (κ1) is 13.9. The van der Waals surface area contributed by atoms with Crippen LogP contribution in [0.25, 0.3) is 0 Å². The molecular formula is C17H18N2O2S. The molecule has 2 aromatic carbocycles. The average Bonchev–Trinajstić information content (AvgIpc) is 3.10. The predicted octanol–water partition coefficient (Wildman–Crippen LogP) is 2.30. The lowest BCUT2D eigenvalue weighted by atomic mass is 10.0. The molecule has 0 amide bonds. The standard InChI is InChI=1S/C17H18N2O2S/c1-12-2-4-17(5-3-12)22(20,21)19-10-15-6-13-8-18-9-14(13)7-16(15)11-19/h2-7,18H,8-11H2,1H3. The predicted molar refractivity (Wildman–Crippen MR) is 84.6 cm³/mol. The van der Waals surface area contributed by atoms with Crippen molar-refractivity contribution in [2.75, 3.05) is 0 Å². The minimum atomic E-state index is -3.42. The topological polar surface area (TPSA) is 49.4 Å². The summed E-state index contributed by atoms with van der Waals surface area (Å²) in [6, 6.07) is 11.4. The van der Waals surface area contributed by atoms with Gasteiger partial charge in [0.15, 0.2) is 0 Å². The van der Waals surface area contributed by atoms with Gasteiger partial charge in [-0.1, -0.05) is 29.8 Å². The second-order valence-electron chi connectivity index (χ2n) is 6.08. The van der Waals surface area contributed by atoms with E-state index in [9.17, 15) is 8.42 Å². The summed E-state index contributed by atoms with van der Waals surface area (Å²) in [6.45, 7) is 4.66. The van der Waals surface area contributed by atoms with Crippen LogP contribution in [0.15, 0.2) is 41.3 Å². The molecule has 2 aromatic rings. The summed E-state index contributed by atoms with van der Waals surface area (Å²) in [4.78, 5) is 0.375. The molecule has 114 valence electrons. The molecule has 0 fully saturated rings.